The lowest BCUT2D eigenvalue weighted by Gasteiger charge is -2.23. The van der Waals surface area contributed by atoms with Crippen LogP contribution in [0.3, 0.4) is 0 Å². The Morgan fingerprint density at radius 1 is 1.19 bits per heavy atom. The van der Waals surface area contributed by atoms with Gasteiger partial charge in [0.25, 0.3) is 5.91 Å². The zero-order chi connectivity index (χ0) is 19.2. The summed E-state index contributed by atoms with van der Waals surface area (Å²) in [7, 11) is 0. The second-order valence-corrected chi connectivity index (χ2v) is 6.13. The maximum atomic E-state index is 12.1. The Balaban J connectivity index is 1.53. The van der Waals surface area contributed by atoms with Crippen LogP contribution in [0.2, 0.25) is 0 Å². The smallest absolute Gasteiger partial charge is 0.279 e. The molecule has 2 aromatic rings. The molecule has 0 bridgehead atoms. The highest BCUT2D eigenvalue weighted by Crippen LogP contribution is 2.32. The van der Waals surface area contributed by atoms with Crippen LogP contribution in [0.5, 0.6) is 11.5 Å². The van der Waals surface area contributed by atoms with E-state index in [4.69, 9.17) is 14.3 Å². The van der Waals surface area contributed by atoms with Gasteiger partial charge in [0, 0.05) is 12.1 Å². The van der Waals surface area contributed by atoms with E-state index in [0.29, 0.717) is 23.8 Å². The molecule has 3 rings (SSSR count). The van der Waals surface area contributed by atoms with E-state index in [0.717, 1.165) is 16.8 Å². The molecule has 0 spiro atoms. The van der Waals surface area contributed by atoms with Gasteiger partial charge in [-0.3, -0.25) is 15.2 Å². The van der Waals surface area contributed by atoms with E-state index in [9.17, 15) is 4.79 Å². The first-order chi connectivity index (χ1) is 13.1. The van der Waals surface area contributed by atoms with Crippen LogP contribution in [0.4, 0.5) is 5.69 Å². The summed E-state index contributed by atoms with van der Waals surface area (Å²) in [6, 6.07) is 13.4. The molecule has 1 aliphatic heterocycles. The lowest BCUT2D eigenvalue weighted by atomic mass is 10.1. The highest BCUT2D eigenvalue weighted by molar-refractivity contribution is 5.99. The second kappa shape index (κ2) is 8.44. The molecule has 0 fully saturated rings. The van der Waals surface area contributed by atoms with Gasteiger partial charge in [0.1, 0.15) is 0 Å². The van der Waals surface area contributed by atoms with Gasteiger partial charge in [-0.25, -0.2) is 0 Å². The first-order valence-electron chi connectivity index (χ1n) is 8.77. The molecule has 0 unspecified atom stereocenters. The SMILES string of the molecule is CCN(NC(=O)CO/N=C(/C)c1ccc2c(c1)OCO2)c1ccc(C)cc1. The van der Waals surface area contributed by atoms with Crippen LogP contribution in [0.25, 0.3) is 0 Å². The standard InChI is InChI=1S/C20H23N3O4/c1-4-23(17-8-5-14(2)6-9-17)21-20(24)12-27-22-15(3)16-7-10-18-19(11-16)26-13-25-18/h5-11H,4,12-13H2,1-3H3,(H,21,24)/b22-15-. The number of carbonyl (C=O) groups excluding carboxylic acids is 1. The lowest BCUT2D eigenvalue weighted by molar-refractivity contribution is -0.125. The molecule has 0 aliphatic carbocycles. The van der Waals surface area contributed by atoms with Gasteiger partial charge in [-0.05, 0) is 51.1 Å². The van der Waals surface area contributed by atoms with Crippen LogP contribution in [0.1, 0.15) is 25.0 Å². The predicted molar refractivity (Wildman–Crippen MR) is 103 cm³/mol. The number of hydrogen-bond donors (Lipinski definition) is 1. The van der Waals surface area contributed by atoms with E-state index in [1.54, 1.807) is 11.9 Å². The van der Waals surface area contributed by atoms with Crippen molar-refractivity contribution < 1.29 is 19.1 Å². The Hall–Kier alpha value is -3.22. The number of oxime groups is 1. The molecular formula is C20H23N3O4. The molecule has 142 valence electrons. The van der Waals surface area contributed by atoms with Gasteiger partial charge in [-0.1, -0.05) is 22.9 Å². The topological polar surface area (TPSA) is 72.4 Å². The molecule has 0 aromatic heterocycles. The fourth-order valence-corrected chi connectivity index (χ4v) is 2.60. The quantitative estimate of drug-likeness (QED) is 0.600. The van der Waals surface area contributed by atoms with Gasteiger partial charge < -0.3 is 14.3 Å². The van der Waals surface area contributed by atoms with Gasteiger partial charge >= 0.3 is 0 Å². The molecule has 2 aromatic carbocycles. The lowest BCUT2D eigenvalue weighted by Crippen LogP contribution is -2.43. The number of benzene rings is 2. The largest absolute Gasteiger partial charge is 0.454 e. The van der Waals surface area contributed by atoms with E-state index >= 15 is 0 Å². The minimum Gasteiger partial charge on any atom is -0.454 e. The number of amides is 1. The third kappa shape index (κ3) is 4.69. The van der Waals surface area contributed by atoms with Crippen molar-refractivity contribution in [3.05, 3.63) is 53.6 Å². The predicted octanol–water partition coefficient (Wildman–Crippen LogP) is 3.02. The molecule has 0 radical (unpaired) electrons. The summed E-state index contributed by atoms with van der Waals surface area (Å²) in [6.07, 6.45) is 0. The second-order valence-electron chi connectivity index (χ2n) is 6.13. The van der Waals surface area contributed by atoms with Crippen molar-refractivity contribution >= 4 is 17.3 Å². The fourth-order valence-electron chi connectivity index (χ4n) is 2.60. The summed E-state index contributed by atoms with van der Waals surface area (Å²) in [5.41, 5.74) is 6.38. The Bertz CT molecular complexity index is 834. The minimum absolute atomic E-state index is 0.176. The third-order valence-electron chi connectivity index (χ3n) is 4.11. The number of hydrazine groups is 1. The number of fused-ring (bicyclic) bond motifs is 1. The summed E-state index contributed by atoms with van der Waals surface area (Å²) < 4.78 is 10.6. The third-order valence-corrected chi connectivity index (χ3v) is 4.11. The zero-order valence-corrected chi connectivity index (χ0v) is 15.7. The van der Waals surface area contributed by atoms with E-state index in [1.807, 2.05) is 56.3 Å². The van der Waals surface area contributed by atoms with Crippen LogP contribution in [-0.4, -0.2) is 31.6 Å². The van der Waals surface area contributed by atoms with Gasteiger partial charge in [-0.15, -0.1) is 0 Å². The highest BCUT2D eigenvalue weighted by atomic mass is 16.7. The van der Waals surface area contributed by atoms with Crippen molar-refractivity contribution in [3.8, 4) is 11.5 Å². The number of ether oxygens (including phenoxy) is 2. The monoisotopic (exact) mass is 369 g/mol. The first-order valence-corrected chi connectivity index (χ1v) is 8.77. The minimum atomic E-state index is -0.278. The van der Waals surface area contributed by atoms with Crippen LogP contribution < -0.4 is 19.9 Å². The number of aryl methyl sites for hydroxylation is 1. The number of nitrogens with zero attached hydrogens (tertiary/aromatic N) is 2. The molecule has 1 amide bonds. The van der Waals surface area contributed by atoms with Crippen molar-refractivity contribution in [3.63, 3.8) is 0 Å². The summed E-state index contributed by atoms with van der Waals surface area (Å²) in [6.45, 7) is 6.47. The Kier molecular flexibility index (Phi) is 5.80. The van der Waals surface area contributed by atoms with E-state index in [-0.39, 0.29) is 19.3 Å². The molecule has 1 N–H and O–H groups in total. The van der Waals surface area contributed by atoms with Gasteiger partial charge in [-0.2, -0.15) is 0 Å². The average Bonchev–Trinajstić information content (AvgIpc) is 3.14. The zero-order valence-electron chi connectivity index (χ0n) is 15.7. The highest BCUT2D eigenvalue weighted by Gasteiger charge is 2.14. The van der Waals surface area contributed by atoms with Gasteiger partial charge in [0.05, 0.1) is 11.4 Å². The first kappa shape index (κ1) is 18.6. The van der Waals surface area contributed by atoms with Crippen molar-refractivity contribution in [2.75, 3.05) is 25.0 Å². The maximum Gasteiger partial charge on any atom is 0.279 e. The Morgan fingerprint density at radius 2 is 1.93 bits per heavy atom. The summed E-state index contributed by atoms with van der Waals surface area (Å²) in [4.78, 5) is 17.3. The van der Waals surface area contributed by atoms with Crippen molar-refractivity contribution in [1.82, 2.24) is 5.43 Å². The Morgan fingerprint density at radius 3 is 2.67 bits per heavy atom. The average molecular weight is 369 g/mol. The van der Waals surface area contributed by atoms with Crippen LogP contribution >= 0.6 is 0 Å². The number of anilines is 1. The molecule has 1 aliphatic rings. The van der Waals surface area contributed by atoms with Gasteiger partial charge in [0.15, 0.2) is 18.1 Å². The fraction of sp³-hybridized carbons (Fsp3) is 0.300. The number of hydrogen-bond acceptors (Lipinski definition) is 6. The molecule has 0 atom stereocenters. The number of nitrogens with one attached hydrogen (secondary N) is 1. The van der Waals surface area contributed by atoms with E-state index < -0.39 is 0 Å². The number of rotatable bonds is 7. The van der Waals surface area contributed by atoms with Crippen molar-refractivity contribution in [2.24, 2.45) is 5.16 Å². The maximum absolute atomic E-state index is 12.1. The molecule has 27 heavy (non-hydrogen) atoms. The molecule has 1 heterocycles. The molecule has 0 saturated heterocycles. The van der Waals surface area contributed by atoms with Crippen LogP contribution in [0, 0.1) is 6.92 Å². The van der Waals surface area contributed by atoms with E-state index in [2.05, 4.69) is 10.6 Å². The number of carbonyl (C=O) groups is 1. The van der Waals surface area contributed by atoms with Crippen molar-refractivity contribution in [2.45, 2.75) is 20.8 Å². The molecule has 0 saturated carbocycles. The van der Waals surface area contributed by atoms with Gasteiger partial charge in [0.2, 0.25) is 6.79 Å². The molecular weight excluding hydrogens is 346 g/mol. The van der Waals surface area contributed by atoms with E-state index in [1.165, 1.54) is 0 Å². The van der Waals surface area contributed by atoms with Crippen LogP contribution in [-0.2, 0) is 9.63 Å². The summed E-state index contributed by atoms with van der Waals surface area (Å²) >= 11 is 0. The molecule has 7 heteroatoms. The van der Waals surface area contributed by atoms with Crippen molar-refractivity contribution in [1.29, 1.82) is 0 Å². The normalized spacial score (nSPS) is 12.6. The Labute approximate surface area is 158 Å². The summed E-state index contributed by atoms with van der Waals surface area (Å²) in [5, 5.41) is 5.78. The molecule has 7 nitrogen and oxygen atoms in total. The summed E-state index contributed by atoms with van der Waals surface area (Å²) in [5.74, 6) is 1.11. The van der Waals surface area contributed by atoms with Crippen LogP contribution in [0.15, 0.2) is 47.6 Å².